The molecule has 1 aromatic heterocycles. The number of aromatic nitrogens is 2. The van der Waals surface area contributed by atoms with Gasteiger partial charge in [0.15, 0.2) is 5.69 Å². The third-order valence-electron chi connectivity index (χ3n) is 3.55. The molecule has 2 heterocycles. The van der Waals surface area contributed by atoms with E-state index in [4.69, 9.17) is 11.6 Å². The number of para-hydroxylation sites is 1. The van der Waals surface area contributed by atoms with Crippen LogP contribution in [0.15, 0.2) is 36.5 Å². The van der Waals surface area contributed by atoms with Gasteiger partial charge in [0.2, 0.25) is 0 Å². The predicted octanol–water partition coefficient (Wildman–Crippen LogP) is 3.15. The fourth-order valence-electron chi connectivity index (χ4n) is 2.47. The highest BCUT2D eigenvalue weighted by Crippen LogP contribution is 2.19. The van der Waals surface area contributed by atoms with Crippen molar-refractivity contribution < 1.29 is 4.79 Å². The van der Waals surface area contributed by atoms with Crippen LogP contribution < -0.4 is 0 Å². The predicted molar refractivity (Wildman–Crippen MR) is 78.3 cm³/mol. The summed E-state index contributed by atoms with van der Waals surface area (Å²) in [5.41, 5.74) is 1.26. The Morgan fingerprint density at radius 1 is 1.10 bits per heavy atom. The maximum atomic E-state index is 12.3. The summed E-state index contributed by atoms with van der Waals surface area (Å²) < 4.78 is 1.65. The minimum Gasteiger partial charge on any atom is -0.337 e. The van der Waals surface area contributed by atoms with Gasteiger partial charge < -0.3 is 4.90 Å². The van der Waals surface area contributed by atoms with E-state index in [9.17, 15) is 4.79 Å². The number of hydrogen-bond donors (Lipinski definition) is 0. The second kappa shape index (κ2) is 5.67. The molecule has 0 spiro atoms. The number of carbonyl (C=O) groups is 1. The average molecular weight is 290 g/mol. The second-order valence-electron chi connectivity index (χ2n) is 4.95. The normalized spacial score (nSPS) is 15.3. The highest BCUT2D eigenvalue weighted by Gasteiger charge is 2.20. The van der Waals surface area contributed by atoms with Crippen molar-refractivity contribution in [3.8, 4) is 5.69 Å². The first-order chi connectivity index (χ1) is 9.75. The van der Waals surface area contributed by atoms with Crippen molar-refractivity contribution in [2.24, 2.45) is 0 Å². The van der Waals surface area contributed by atoms with Gasteiger partial charge in [-0.05, 0) is 37.5 Å². The van der Waals surface area contributed by atoms with Gasteiger partial charge in [-0.3, -0.25) is 4.79 Å². The molecule has 5 heteroatoms. The second-order valence-corrected chi connectivity index (χ2v) is 5.36. The highest BCUT2D eigenvalue weighted by molar-refractivity contribution is 6.32. The Hall–Kier alpha value is -1.81. The molecule has 0 unspecified atom stereocenters. The number of hydrogen-bond acceptors (Lipinski definition) is 2. The van der Waals surface area contributed by atoms with Crippen LogP contribution in [0.3, 0.4) is 0 Å². The molecule has 0 saturated carbocycles. The summed E-state index contributed by atoms with van der Waals surface area (Å²) in [5, 5.41) is 4.98. The third kappa shape index (κ3) is 2.56. The summed E-state index contributed by atoms with van der Waals surface area (Å²) in [7, 11) is 0. The molecule has 0 bridgehead atoms. The quantitative estimate of drug-likeness (QED) is 0.852. The maximum absolute atomic E-state index is 12.3. The summed E-state index contributed by atoms with van der Waals surface area (Å²) in [6.45, 7) is 1.66. The molecule has 1 saturated heterocycles. The van der Waals surface area contributed by atoms with E-state index >= 15 is 0 Å². The molecule has 3 rings (SSSR count). The lowest BCUT2D eigenvalue weighted by Crippen LogP contribution is -2.35. The van der Waals surface area contributed by atoms with Gasteiger partial charge >= 0.3 is 0 Å². The van der Waals surface area contributed by atoms with Crippen molar-refractivity contribution in [2.75, 3.05) is 13.1 Å². The average Bonchev–Trinajstić information content (AvgIpc) is 2.97. The van der Waals surface area contributed by atoms with E-state index in [0.717, 1.165) is 31.6 Å². The van der Waals surface area contributed by atoms with E-state index in [1.807, 2.05) is 29.2 Å². The molecule has 2 aromatic rings. The van der Waals surface area contributed by atoms with Crippen molar-refractivity contribution in [3.05, 3.63) is 47.2 Å². The summed E-state index contributed by atoms with van der Waals surface area (Å²) in [6.07, 6.45) is 5.14. The molecular formula is C15H16ClN3O. The lowest BCUT2D eigenvalue weighted by molar-refractivity contribution is 0.0718. The van der Waals surface area contributed by atoms with E-state index in [2.05, 4.69) is 5.10 Å². The number of carbonyl (C=O) groups excluding carboxylic acids is 1. The Labute approximate surface area is 123 Å². The Kier molecular flexibility index (Phi) is 3.74. The number of halogens is 1. The third-order valence-corrected chi connectivity index (χ3v) is 3.87. The SMILES string of the molecule is O=C(c1ccn(-c2ccccc2Cl)n1)N1CCCCC1. The molecule has 1 aromatic carbocycles. The van der Waals surface area contributed by atoms with Gasteiger partial charge in [-0.15, -0.1) is 0 Å². The minimum absolute atomic E-state index is 0.00973. The molecule has 0 radical (unpaired) electrons. The first-order valence-corrected chi connectivity index (χ1v) is 7.23. The van der Waals surface area contributed by atoms with Crippen LogP contribution in [0.5, 0.6) is 0 Å². The van der Waals surface area contributed by atoms with Crippen LogP contribution in [0.4, 0.5) is 0 Å². The van der Waals surface area contributed by atoms with Crippen molar-refractivity contribution in [1.82, 2.24) is 14.7 Å². The Balaban J connectivity index is 1.83. The first kappa shape index (κ1) is 13.2. The fourth-order valence-corrected chi connectivity index (χ4v) is 2.69. The molecule has 4 nitrogen and oxygen atoms in total. The molecule has 0 atom stereocenters. The molecule has 0 N–H and O–H groups in total. The zero-order chi connectivity index (χ0) is 13.9. The summed E-state index contributed by atoms with van der Waals surface area (Å²) in [6, 6.07) is 9.21. The number of likely N-dealkylation sites (tertiary alicyclic amines) is 1. The van der Waals surface area contributed by atoms with Gasteiger partial charge in [0.05, 0.1) is 10.7 Å². The van der Waals surface area contributed by atoms with Crippen molar-refractivity contribution in [1.29, 1.82) is 0 Å². The van der Waals surface area contributed by atoms with Gasteiger partial charge in [0, 0.05) is 19.3 Å². The lowest BCUT2D eigenvalue weighted by atomic mass is 10.1. The lowest BCUT2D eigenvalue weighted by Gasteiger charge is -2.25. The van der Waals surface area contributed by atoms with Crippen LogP contribution in [-0.2, 0) is 0 Å². The van der Waals surface area contributed by atoms with Crippen LogP contribution >= 0.6 is 11.6 Å². The smallest absolute Gasteiger partial charge is 0.274 e. The first-order valence-electron chi connectivity index (χ1n) is 6.85. The Morgan fingerprint density at radius 2 is 1.85 bits per heavy atom. The highest BCUT2D eigenvalue weighted by atomic mass is 35.5. The van der Waals surface area contributed by atoms with Crippen LogP contribution in [0, 0.1) is 0 Å². The molecule has 1 amide bonds. The topological polar surface area (TPSA) is 38.1 Å². The summed E-state index contributed by atoms with van der Waals surface area (Å²) in [5.74, 6) is 0.00973. The van der Waals surface area contributed by atoms with E-state index in [-0.39, 0.29) is 5.91 Å². The van der Waals surface area contributed by atoms with Crippen molar-refractivity contribution in [2.45, 2.75) is 19.3 Å². The number of rotatable bonds is 2. The summed E-state index contributed by atoms with van der Waals surface area (Å²) >= 11 is 6.14. The molecule has 104 valence electrons. The maximum Gasteiger partial charge on any atom is 0.274 e. The number of benzene rings is 1. The Bertz CT molecular complexity index is 617. The van der Waals surface area contributed by atoms with Crippen molar-refractivity contribution >= 4 is 17.5 Å². The van der Waals surface area contributed by atoms with Gasteiger partial charge in [-0.25, -0.2) is 4.68 Å². The molecular weight excluding hydrogens is 274 g/mol. The molecule has 1 aliphatic rings. The van der Waals surface area contributed by atoms with E-state index in [1.54, 1.807) is 16.9 Å². The molecule has 0 aliphatic carbocycles. The van der Waals surface area contributed by atoms with Crippen LogP contribution in [-0.4, -0.2) is 33.7 Å². The molecule has 20 heavy (non-hydrogen) atoms. The number of piperidine rings is 1. The standard InChI is InChI=1S/C15H16ClN3O/c16-12-6-2-3-7-14(12)19-11-8-13(17-19)15(20)18-9-4-1-5-10-18/h2-3,6-8,11H,1,4-5,9-10H2. The molecule has 1 fully saturated rings. The monoisotopic (exact) mass is 289 g/mol. The fraction of sp³-hybridized carbons (Fsp3) is 0.333. The zero-order valence-corrected chi connectivity index (χ0v) is 11.9. The van der Waals surface area contributed by atoms with Gasteiger partial charge in [0.1, 0.15) is 0 Å². The summed E-state index contributed by atoms with van der Waals surface area (Å²) in [4.78, 5) is 14.2. The van der Waals surface area contributed by atoms with Crippen LogP contribution in [0.2, 0.25) is 5.02 Å². The number of nitrogens with zero attached hydrogens (tertiary/aromatic N) is 3. The Morgan fingerprint density at radius 3 is 2.60 bits per heavy atom. The van der Waals surface area contributed by atoms with E-state index in [0.29, 0.717) is 10.7 Å². The number of amides is 1. The van der Waals surface area contributed by atoms with Crippen LogP contribution in [0.25, 0.3) is 5.69 Å². The largest absolute Gasteiger partial charge is 0.337 e. The van der Waals surface area contributed by atoms with Gasteiger partial charge in [-0.1, -0.05) is 23.7 Å². The van der Waals surface area contributed by atoms with Crippen molar-refractivity contribution in [3.63, 3.8) is 0 Å². The van der Waals surface area contributed by atoms with Gasteiger partial charge in [0.25, 0.3) is 5.91 Å². The minimum atomic E-state index is 0.00973. The molecule has 1 aliphatic heterocycles. The zero-order valence-electron chi connectivity index (χ0n) is 11.1. The van der Waals surface area contributed by atoms with Crippen LogP contribution in [0.1, 0.15) is 29.8 Å². The van der Waals surface area contributed by atoms with E-state index in [1.165, 1.54) is 6.42 Å². The van der Waals surface area contributed by atoms with E-state index < -0.39 is 0 Å². The van der Waals surface area contributed by atoms with Gasteiger partial charge in [-0.2, -0.15) is 5.10 Å².